The number of pyridine rings is 1. The zero-order chi connectivity index (χ0) is 17.5. The first-order valence-corrected chi connectivity index (χ1v) is 8.61. The lowest BCUT2D eigenvalue weighted by atomic mass is 10.1. The highest BCUT2D eigenvalue weighted by molar-refractivity contribution is 6.05. The molecule has 0 radical (unpaired) electrons. The van der Waals surface area contributed by atoms with Gasteiger partial charge in [-0.25, -0.2) is 0 Å². The van der Waals surface area contributed by atoms with Crippen LogP contribution in [0.5, 0.6) is 5.75 Å². The quantitative estimate of drug-likeness (QED) is 0.654. The van der Waals surface area contributed by atoms with E-state index in [9.17, 15) is 4.79 Å². The molecule has 3 aromatic rings. The van der Waals surface area contributed by atoms with E-state index >= 15 is 0 Å². The Morgan fingerprint density at radius 1 is 1.12 bits per heavy atom. The number of rotatable bonds is 7. The van der Waals surface area contributed by atoms with Crippen LogP contribution in [0.2, 0.25) is 0 Å². The first-order chi connectivity index (χ1) is 12.3. The molecule has 1 N–H and O–H groups in total. The highest BCUT2D eigenvalue weighted by atomic mass is 16.5. The molecule has 1 heterocycles. The number of amides is 1. The van der Waals surface area contributed by atoms with Crippen LogP contribution in [-0.2, 0) is 6.54 Å². The molecule has 4 nitrogen and oxygen atoms in total. The molecular weight excluding hydrogens is 312 g/mol. The highest BCUT2D eigenvalue weighted by Gasteiger charge is 2.10. The van der Waals surface area contributed by atoms with E-state index in [4.69, 9.17) is 4.74 Å². The second kappa shape index (κ2) is 8.29. The van der Waals surface area contributed by atoms with Gasteiger partial charge in [0.1, 0.15) is 5.75 Å². The van der Waals surface area contributed by atoms with Crippen LogP contribution < -0.4 is 10.1 Å². The molecule has 0 saturated heterocycles. The number of fused-ring (bicyclic) bond motifs is 1. The largest absolute Gasteiger partial charge is 0.494 e. The number of aromatic nitrogens is 1. The van der Waals surface area contributed by atoms with Gasteiger partial charge in [-0.3, -0.25) is 9.78 Å². The summed E-state index contributed by atoms with van der Waals surface area (Å²) >= 11 is 0. The van der Waals surface area contributed by atoms with Crippen LogP contribution in [0.15, 0.2) is 60.8 Å². The van der Waals surface area contributed by atoms with Gasteiger partial charge in [0.2, 0.25) is 0 Å². The Kier molecular flexibility index (Phi) is 5.62. The molecule has 0 aliphatic rings. The predicted molar refractivity (Wildman–Crippen MR) is 99.8 cm³/mol. The number of unbranched alkanes of at least 4 members (excludes halogenated alkanes) is 1. The topological polar surface area (TPSA) is 51.2 Å². The molecule has 0 aliphatic heterocycles. The summed E-state index contributed by atoms with van der Waals surface area (Å²) in [4.78, 5) is 16.9. The van der Waals surface area contributed by atoms with Crippen LogP contribution in [-0.4, -0.2) is 17.5 Å². The molecule has 0 atom stereocenters. The fourth-order valence-corrected chi connectivity index (χ4v) is 2.65. The lowest BCUT2D eigenvalue weighted by Crippen LogP contribution is -2.23. The van der Waals surface area contributed by atoms with Gasteiger partial charge >= 0.3 is 0 Å². The number of nitrogens with zero attached hydrogens (tertiary/aromatic N) is 1. The van der Waals surface area contributed by atoms with Crippen LogP contribution in [0.3, 0.4) is 0 Å². The maximum Gasteiger partial charge on any atom is 0.252 e. The van der Waals surface area contributed by atoms with Crippen molar-refractivity contribution in [2.45, 2.75) is 26.3 Å². The molecular formula is C21H22N2O2. The number of ether oxygens (including phenoxy) is 1. The monoisotopic (exact) mass is 334 g/mol. The third kappa shape index (κ3) is 4.35. The van der Waals surface area contributed by atoms with Gasteiger partial charge in [0.25, 0.3) is 5.91 Å². The van der Waals surface area contributed by atoms with Gasteiger partial charge in [-0.05, 0) is 36.2 Å². The van der Waals surface area contributed by atoms with Gasteiger partial charge < -0.3 is 10.1 Å². The van der Waals surface area contributed by atoms with Crippen LogP contribution in [0.4, 0.5) is 0 Å². The Hall–Kier alpha value is -2.88. The van der Waals surface area contributed by atoms with E-state index in [1.165, 1.54) is 0 Å². The second-order valence-corrected chi connectivity index (χ2v) is 5.91. The molecule has 0 unspecified atom stereocenters. The summed E-state index contributed by atoms with van der Waals surface area (Å²) in [6.45, 7) is 3.31. The third-order valence-electron chi connectivity index (χ3n) is 4.01. The van der Waals surface area contributed by atoms with Crippen molar-refractivity contribution in [1.82, 2.24) is 10.3 Å². The van der Waals surface area contributed by atoms with Crippen molar-refractivity contribution in [3.05, 3.63) is 71.9 Å². The summed E-state index contributed by atoms with van der Waals surface area (Å²) < 4.78 is 5.72. The minimum atomic E-state index is -0.101. The average molecular weight is 334 g/mol. The molecule has 4 heteroatoms. The van der Waals surface area contributed by atoms with Gasteiger partial charge in [-0.1, -0.05) is 43.7 Å². The van der Waals surface area contributed by atoms with Crippen LogP contribution in [0.25, 0.3) is 10.9 Å². The van der Waals surface area contributed by atoms with E-state index in [1.807, 2.05) is 48.5 Å². The van der Waals surface area contributed by atoms with E-state index in [1.54, 1.807) is 12.3 Å². The number of nitrogens with one attached hydrogen (secondary N) is 1. The van der Waals surface area contributed by atoms with Crippen molar-refractivity contribution in [3.63, 3.8) is 0 Å². The minimum absolute atomic E-state index is 0.101. The van der Waals surface area contributed by atoms with Crippen molar-refractivity contribution < 1.29 is 9.53 Å². The van der Waals surface area contributed by atoms with Crippen molar-refractivity contribution >= 4 is 16.8 Å². The second-order valence-electron chi connectivity index (χ2n) is 5.91. The average Bonchev–Trinajstić information content (AvgIpc) is 2.66. The van der Waals surface area contributed by atoms with E-state index < -0.39 is 0 Å². The Balaban J connectivity index is 1.67. The van der Waals surface area contributed by atoms with E-state index in [0.29, 0.717) is 12.1 Å². The summed E-state index contributed by atoms with van der Waals surface area (Å²) in [7, 11) is 0. The normalized spacial score (nSPS) is 10.6. The smallest absolute Gasteiger partial charge is 0.252 e. The Morgan fingerprint density at radius 3 is 2.88 bits per heavy atom. The Morgan fingerprint density at radius 2 is 2.00 bits per heavy atom. The van der Waals surface area contributed by atoms with Crippen molar-refractivity contribution in [1.29, 1.82) is 0 Å². The molecule has 1 amide bonds. The molecule has 0 bridgehead atoms. The number of carbonyl (C=O) groups excluding carboxylic acids is 1. The number of hydrogen-bond acceptors (Lipinski definition) is 3. The minimum Gasteiger partial charge on any atom is -0.494 e. The summed E-state index contributed by atoms with van der Waals surface area (Å²) in [6, 6.07) is 17.3. The zero-order valence-electron chi connectivity index (χ0n) is 14.4. The summed E-state index contributed by atoms with van der Waals surface area (Å²) in [5.41, 5.74) is 2.48. The molecule has 3 rings (SSSR count). The zero-order valence-corrected chi connectivity index (χ0v) is 14.4. The number of hydrogen-bond donors (Lipinski definition) is 1. The Bertz CT molecular complexity index is 856. The molecule has 0 aliphatic carbocycles. The van der Waals surface area contributed by atoms with Gasteiger partial charge in [0.05, 0.1) is 17.7 Å². The van der Waals surface area contributed by atoms with E-state index in [0.717, 1.165) is 41.7 Å². The molecule has 0 fully saturated rings. The molecule has 0 spiro atoms. The third-order valence-corrected chi connectivity index (χ3v) is 4.01. The molecule has 25 heavy (non-hydrogen) atoms. The van der Waals surface area contributed by atoms with Crippen LogP contribution in [0, 0.1) is 0 Å². The van der Waals surface area contributed by atoms with E-state index in [2.05, 4.69) is 17.2 Å². The standard InChI is InChI=1S/C21H22N2O2/c1-2-3-13-25-17-8-6-7-16(14-17)15-23-21(24)19-11-12-22-20-10-5-4-9-18(19)20/h4-12,14H,2-3,13,15H2,1H3,(H,23,24). The first kappa shape index (κ1) is 17.0. The van der Waals surface area contributed by atoms with Crippen LogP contribution in [0.1, 0.15) is 35.7 Å². The van der Waals surface area contributed by atoms with Crippen molar-refractivity contribution in [3.8, 4) is 5.75 Å². The molecule has 128 valence electrons. The molecule has 1 aromatic heterocycles. The van der Waals surface area contributed by atoms with Gasteiger partial charge in [-0.15, -0.1) is 0 Å². The van der Waals surface area contributed by atoms with Gasteiger partial charge in [0, 0.05) is 18.1 Å². The van der Waals surface area contributed by atoms with Crippen molar-refractivity contribution in [2.75, 3.05) is 6.61 Å². The predicted octanol–water partition coefficient (Wildman–Crippen LogP) is 4.34. The summed E-state index contributed by atoms with van der Waals surface area (Å²) in [5.74, 6) is 0.741. The SMILES string of the molecule is CCCCOc1cccc(CNC(=O)c2ccnc3ccccc23)c1. The number of para-hydroxylation sites is 1. The fraction of sp³-hybridized carbons (Fsp3) is 0.238. The fourth-order valence-electron chi connectivity index (χ4n) is 2.65. The molecule has 0 saturated carbocycles. The highest BCUT2D eigenvalue weighted by Crippen LogP contribution is 2.17. The summed E-state index contributed by atoms with van der Waals surface area (Å²) in [6.07, 6.45) is 3.81. The lowest BCUT2D eigenvalue weighted by Gasteiger charge is -2.10. The lowest BCUT2D eigenvalue weighted by molar-refractivity contribution is 0.0952. The van der Waals surface area contributed by atoms with Gasteiger partial charge in [0.15, 0.2) is 0 Å². The Labute approximate surface area is 147 Å². The number of benzene rings is 2. The number of carbonyl (C=O) groups is 1. The molecule has 2 aromatic carbocycles. The van der Waals surface area contributed by atoms with Gasteiger partial charge in [-0.2, -0.15) is 0 Å². The maximum atomic E-state index is 12.6. The first-order valence-electron chi connectivity index (χ1n) is 8.61. The van der Waals surface area contributed by atoms with E-state index in [-0.39, 0.29) is 5.91 Å². The van der Waals surface area contributed by atoms with Crippen LogP contribution >= 0.6 is 0 Å². The summed E-state index contributed by atoms with van der Waals surface area (Å²) in [5, 5.41) is 3.84. The van der Waals surface area contributed by atoms with Crippen molar-refractivity contribution in [2.24, 2.45) is 0 Å². The maximum absolute atomic E-state index is 12.6.